The summed E-state index contributed by atoms with van der Waals surface area (Å²) in [7, 11) is 0. The third kappa shape index (κ3) is 4.54. The van der Waals surface area contributed by atoms with Crippen LogP contribution >= 0.6 is 0 Å². The summed E-state index contributed by atoms with van der Waals surface area (Å²) in [5, 5.41) is 7.40. The number of benzene rings is 2. The van der Waals surface area contributed by atoms with E-state index in [2.05, 4.69) is 36.5 Å². The minimum absolute atomic E-state index is 0.161. The van der Waals surface area contributed by atoms with Crippen LogP contribution in [0.2, 0.25) is 0 Å². The molecule has 3 aromatic rings. The quantitative estimate of drug-likeness (QED) is 0.443. The van der Waals surface area contributed by atoms with Gasteiger partial charge in [-0.15, -0.1) is 0 Å². The molecule has 3 heterocycles. The van der Waals surface area contributed by atoms with Crippen LogP contribution in [0.25, 0.3) is 17.0 Å². The van der Waals surface area contributed by atoms with Gasteiger partial charge in [-0.3, -0.25) is 4.90 Å². The Bertz CT molecular complexity index is 1320. The van der Waals surface area contributed by atoms with Gasteiger partial charge in [0.2, 0.25) is 12.6 Å². The van der Waals surface area contributed by atoms with Gasteiger partial charge in [-0.2, -0.15) is 4.98 Å². The number of amides is 2. The summed E-state index contributed by atoms with van der Waals surface area (Å²) in [5.74, 6) is 2.13. The van der Waals surface area contributed by atoms with E-state index in [1.54, 1.807) is 4.90 Å². The van der Waals surface area contributed by atoms with Crippen molar-refractivity contribution < 1.29 is 23.5 Å². The lowest BCUT2D eigenvalue weighted by Gasteiger charge is -2.35. The Hall–Kier alpha value is -3.85. The molecule has 1 aromatic heterocycles. The summed E-state index contributed by atoms with van der Waals surface area (Å²) in [5.41, 5.74) is 5.59. The molecule has 1 atom stereocenters. The Kier molecular flexibility index (Phi) is 6.65. The van der Waals surface area contributed by atoms with Crippen LogP contribution in [0.4, 0.5) is 4.79 Å². The molecule has 0 aliphatic carbocycles. The smallest absolute Gasteiger partial charge is 0.322 e. The maximum absolute atomic E-state index is 13.2. The monoisotopic (exact) mass is 490 g/mol. The van der Waals surface area contributed by atoms with E-state index < -0.39 is 6.04 Å². The van der Waals surface area contributed by atoms with Gasteiger partial charge in [0.1, 0.15) is 0 Å². The molecule has 0 saturated heterocycles. The molecule has 0 fully saturated rings. The maximum Gasteiger partial charge on any atom is 0.322 e. The second-order valence-electron chi connectivity index (χ2n) is 8.92. The summed E-state index contributed by atoms with van der Waals surface area (Å²) in [4.78, 5) is 19.6. The fourth-order valence-electron chi connectivity index (χ4n) is 4.48. The number of aryl methyl sites for hydroxylation is 2. The van der Waals surface area contributed by atoms with E-state index in [-0.39, 0.29) is 12.8 Å². The number of rotatable bonds is 8. The number of fused-ring (bicyclic) bond motifs is 1. The summed E-state index contributed by atoms with van der Waals surface area (Å²) >= 11 is 0. The van der Waals surface area contributed by atoms with Crippen molar-refractivity contribution in [1.29, 1.82) is 0 Å². The zero-order chi connectivity index (χ0) is 25.2. The zero-order valence-corrected chi connectivity index (χ0v) is 21.0. The number of aromatic nitrogens is 2. The van der Waals surface area contributed by atoms with E-state index in [0.717, 1.165) is 28.0 Å². The number of hydrogen-bond acceptors (Lipinski definition) is 7. The zero-order valence-electron chi connectivity index (χ0n) is 21.0. The lowest BCUT2D eigenvalue weighted by molar-refractivity contribution is 0.136. The van der Waals surface area contributed by atoms with Gasteiger partial charge in [0.05, 0.1) is 11.6 Å². The molecule has 188 valence electrons. The van der Waals surface area contributed by atoms with Gasteiger partial charge >= 0.3 is 6.03 Å². The number of carbonyl (C=O) groups excluding carboxylic acids is 1. The van der Waals surface area contributed by atoms with Crippen LogP contribution in [0.3, 0.4) is 0 Å². The Balaban J connectivity index is 1.53. The van der Waals surface area contributed by atoms with E-state index in [9.17, 15) is 4.79 Å². The average Bonchev–Trinajstić information content (AvgIpc) is 3.54. The maximum atomic E-state index is 13.2. The first-order valence-electron chi connectivity index (χ1n) is 12.1. The standard InChI is InChI=1S/C27H30N4O5/c1-5-33-12-6-11-31-18(4)23(24(28-27(31)32)19-8-7-16(2)17(3)13-19)26-29-25(30-36-26)20-9-10-21-22(14-20)35-15-34-21/h7-10,13-14,24H,5-6,11-12,15H2,1-4H3,(H,28,32). The summed E-state index contributed by atoms with van der Waals surface area (Å²) < 4.78 is 22.2. The SMILES string of the molecule is CCOCCCN1C(=O)NC(c2ccc(C)c(C)c2)C(c2nc(-c3ccc4c(c3)OCO4)no2)=C1C. The fourth-order valence-corrected chi connectivity index (χ4v) is 4.48. The summed E-state index contributed by atoms with van der Waals surface area (Å²) in [6, 6.07) is 11.1. The van der Waals surface area contributed by atoms with Crippen LogP contribution < -0.4 is 14.8 Å². The fraction of sp³-hybridized carbons (Fsp3) is 0.370. The van der Waals surface area contributed by atoms with E-state index in [0.29, 0.717) is 49.4 Å². The minimum Gasteiger partial charge on any atom is -0.454 e. The van der Waals surface area contributed by atoms with Crippen LogP contribution in [-0.4, -0.2) is 47.6 Å². The molecule has 0 spiro atoms. The van der Waals surface area contributed by atoms with Crippen molar-refractivity contribution in [2.75, 3.05) is 26.6 Å². The third-order valence-corrected chi connectivity index (χ3v) is 6.62. The van der Waals surface area contributed by atoms with E-state index in [4.69, 9.17) is 23.7 Å². The van der Waals surface area contributed by atoms with Gasteiger partial charge in [0.25, 0.3) is 5.89 Å². The Morgan fingerprint density at radius 1 is 1.08 bits per heavy atom. The Morgan fingerprint density at radius 3 is 2.72 bits per heavy atom. The van der Waals surface area contributed by atoms with Crippen LogP contribution in [0.15, 0.2) is 46.6 Å². The molecular weight excluding hydrogens is 460 g/mol. The molecule has 1 N–H and O–H groups in total. The van der Waals surface area contributed by atoms with E-state index in [1.807, 2.05) is 38.1 Å². The van der Waals surface area contributed by atoms with Gasteiger partial charge in [0.15, 0.2) is 11.5 Å². The first kappa shape index (κ1) is 23.9. The number of urea groups is 1. The highest BCUT2D eigenvalue weighted by molar-refractivity contribution is 5.87. The van der Waals surface area contributed by atoms with Crippen LogP contribution in [0.1, 0.15) is 48.9 Å². The molecule has 9 heteroatoms. The topological polar surface area (TPSA) is 99.0 Å². The van der Waals surface area contributed by atoms with Crippen molar-refractivity contribution in [3.05, 3.63) is 64.7 Å². The normalized spacial score (nSPS) is 17.1. The van der Waals surface area contributed by atoms with Crippen LogP contribution in [-0.2, 0) is 4.74 Å². The highest BCUT2D eigenvalue weighted by Crippen LogP contribution is 2.39. The molecule has 9 nitrogen and oxygen atoms in total. The molecule has 2 aliphatic rings. The molecule has 2 aromatic carbocycles. The molecular formula is C27H30N4O5. The predicted octanol–water partition coefficient (Wildman–Crippen LogP) is 5.01. The largest absolute Gasteiger partial charge is 0.454 e. The molecule has 36 heavy (non-hydrogen) atoms. The number of ether oxygens (including phenoxy) is 3. The number of carbonyl (C=O) groups is 1. The average molecular weight is 491 g/mol. The van der Waals surface area contributed by atoms with Gasteiger partial charge in [-0.1, -0.05) is 23.4 Å². The van der Waals surface area contributed by atoms with Gasteiger partial charge in [0, 0.05) is 31.0 Å². The van der Waals surface area contributed by atoms with Crippen molar-refractivity contribution in [1.82, 2.24) is 20.4 Å². The van der Waals surface area contributed by atoms with E-state index >= 15 is 0 Å². The van der Waals surface area contributed by atoms with Crippen molar-refractivity contribution in [2.24, 2.45) is 0 Å². The summed E-state index contributed by atoms with van der Waals surface area (Å²) in [6.45, 7) is 9.94. The highest BCUT2D eigenvalue weighted by atomic mass is 16.7. The second kappa shape index (κ2) is 10.0. The molecule has 0 bridgehead atoms. The van der Waals surface area contributed by atoms with Gasteiger partial charge in [-0.05, 0) is 69.0 Å². The number of allylic oxidation sites excluding steroid dienone is 1. The predicted molar refractivity (Wildman–Crippen MR) is 133 cm³/mol. The van der Waals surface area contributed by atoms with Gasteiger partial charge in [-0.25, -0.2) is 4.79 Å². The molecule has 1 unspecified atom stereocenters. The van der Waals surface area contributed by atoms with Crippen molar-refractivity contribution in [3.8, 4) is 22.9 Å². The highest BCUT2D eigenvalue weighted by Gasteiger charge is 2.35. The van der Waals surface area contributed by atoms with Gasteiger partial charge < -0.3 is 24.1 Å². The van der Waals surface area contributed by atoms with Crippen LogP contribution in [0.5, 0.6) is 11.5 Å². The number of nitrogens with one attached hydrogen (secondary N) is 1. The van der Waals surface area contributed by atoms with Crippen molar-refractivity contribution >= 4 is 11.6 Å². The molecule has 2 amide bonds. The molecule has 5 rings (SSSR count). The van der Waals surface area contributed by atoms with E-state index in [1.165, 1.54) is 5.56 Å². The van der Waals surface area contributed by atoms with Crippen molar-refractivity contribution in [3.63, 3.8) is 0 Å². The lowest BCUT2D eigenvalue weighted by Crippen LogP contribution is -2.46. The first-order valence-corrected chi connectivity index (χ1v) is 12.1. The Labute approximate surface area is 210 Å². The third-order valence-electron chi connectivity index (χ3n) is 6.62. The molecule has 0 radical (unpaired) electrons. The summed E-state index contributed by atoms with van der Waals surface area (Å²) in [6.07, 6.45) is 0.715. The molecule has 2 aliphatic heterocycles. The minimum atomic E-state index is -0.426. The number of nitrogens with zero attached hydrogens (tertiary/aromatic N) is 3. The number of hydrogen-bond donors (Lipinski definition) is 1. The second-order valence-corrected chi connectivity index (χ2v) is 8.92. The first-order chi connectivity index (χ1) is 17.5. The molecule has 0 saturated carbocycles. The van der Waals surface area contributed by atoms with Crippen molar-refractivity contribution in [2.45, 2.75) is 40.2 Å². The Morgan fingerprint density at radius 2 is 1.92 bits per heavy atom. The lowest BCUT2D eigenvalue weighted by atomic mass is 9.92. The van der Waals surface area contributed by atoms with Crippen LogP contribution in [0, 0.1) is 13.8 Å².